The van der Waals surface area contributed by atoms with E-state index in [1.165, 1.54) is 5.00 Å². The summed E-state index contributed by atoms with van der Waals surface area (Å²) in [6, 6.07) is 4.75. The number of amides is 1. The van der Waals surface area contributed by atoms with Crippen molar-refractivity contribution in [2.45, 2.75) is 51.5 Å². The van der Waals surface area contributed by atoms with Crippen molar-refractivity contribution >= 4 is 28.2 Å². The van der Waals surface area contributed by atoms with E-state index in [-0.39, 0.29) is 11.3 Å². The summed E-state index contributed by atoms with van der Waals surface area (Å²) >= 11 is 1.81. The van der Waals surface area contributed by atoms with Gasteiger partial charge in [-0.15, -0.1) is 11.3 Å². The molecule has 0 bridgehead atoms. The standard InChI is InChI=1S/C21H35N5OS/c1-4-22-20(23-16-21(11-5-6-12-21)19(27)25(2)3)24-17-9-13-26(14-10-17)18-8-7-15-28-18/h7-8,15,17H,4-6,9-14,16H2,1-3H3,(H2,22,23,24). The lowest BCUT2D eigenvalue weighted by Crippen LogP contribution is -2.49. The van der Waals surface area contributed by atoms with Crippen LogP contribution in [0.3, 0.4) is 0 Å². The second-order valence-electron chi connectivity index (χ2n) is 8.24. The predicted molar refractivity (Wildman–Crippen MR) is 118 cm³/mol. The van der Waals surface area contributed by atoms with Gasteiger partial charge in [-0.3, -0.25) is 9.79 Å². The first-order chi connectivity index (χ1) is 13.5. The fourth-order valence-corrected chi connectivity index (χ4v) is 5.19. The maximum atomic E-state index is 12.8. The second-order valence-corrected chi connectivity index (χ2v) is 9.17. The molecule has 2 N–H and O–H groups in total. The highest BCUT2D eigenvalue weighted by Gasteiger charge is 2.42. The molecule has 28 heavy (non-hydrogen) atoms. The molecule has 0 radical (unpaired) electrons. The molecular weight excluding hydrogens is 370 g/mol. The molecule has 1 saturated carbocycles. The summed E-state index contributed by atoms with van der Waals surface area (Å²) in [6.45, 7) is 5.63. The molecule has 6 nitrogen and oxygen atoms in total. The third-order valence-electron chi connectivity index (χ3n) is 5.96. The van der Waals surface area contributed by atoms with Crippen LogP contribution in [0.5, 0.6) is 0 Å². The minimum absolute atomic E-state index is 0.230. The van der Waals surface area contributed by atoms with Crippen LogP contribution in [-0.2, 0) is 4.79 Å². The van der Waals surface area contributed by atoms with E-state index in [4.69, 9.17) is 4.99 Å². The summed E-state index contributed by atoms with van der Waals surface area (Å²) in [5.41, 5.74) is -0.311. The van der Waals surface area contributed by atoms with Crippen LogP contribution < -0.4 is 15.5 Å². The Morgan fingerprint density at radius 2 is 2.04 bits per heavy atom. The maximum Gasteiger partial charge on any atom is 0.230 e. The Hall–Kier alpha value is -1.76. The van der Waals surface area contributed by atoms with Crippen molar-refractivity contribution in [3.8, 4) is 0 Å². The van der Waals surface area contributed by atoms with Crippen LogP contribution in [0.15, 0.2) is 22.5 Å². The van der Waals surface area contributed by atoms with Crippen LogP contribution in [0.1, 0.15) is 45.4 Å². The SMILES string of the molecule is CCNC(=NCC1(C(=O)N(C)C)CCCC1)NC1CCN(c2cccs2)CC1. The van der Waals surface area contributed by atoms with Crippen LogP contribution in [0.2, 0.25) is 0 Å². The number of nitrogens with one attached hydrogen (secondary N) is 2. The largest absolute Gasteiger partial charge is 0.363 e. The quantitative estimate of drug-likeness (QED) is 0.564. The molecule has 1 saturated heterocycles. The molecule has 2 aliphatic rings. The van der Waals surface area contributed by atoms with Gasteiger partial charge in [0, 0.05) is 39.8 Å². The van der Waals surface area contributed by atoms with Gasteiger partial charge in [-0.05, 0) is 50.1 Å². The zero-order valence-corrected chi connectivity index (χ0v) is 18.4. The fraction of sp³-hybridized carbons (Fsp3) is 0.714. The van der Waals surface area contributed by atoms with Crippen molar-refractivity contribution in [1.29, 1.82) is 0 Å². The minimum atomic E-state index is -0.311. The Balaban J connectivity index is 1.59. The molecule has 0 atom stereocenters. The van der Waals surface area contributed by atoms with Crippen molar-refractivity contribution in [3.63, 3.8) is 0 Å². The number of rotatable bonds is 6. The number of hydrogen-bond acceptors (Lipinski definition) is 4. The van der Waals surface area contributed by atoms with Crippen molar-refractivity contribution in [3.05, 3.63) is 17.5 Å². The second kappa shape index (κ2) is 9.63. The third kappa shape index (κ3) is 4.99. The number of hydrogen-bond donors (Lipinski definition) is 2. The Labute approximate surface area is 173 Å². The number of piperidine rings is 1. The van der Waals surface area contributed by atoms with Crippen LogP contribution >= 0.6 is 11.3 Å². The Kier molecular flexibility index (Phi) is 7.21. The highest BCUT2D eigenvalue weighted by Crippen LogP contribution is 2.39. The first-order valence-electron chi connectivity index (χ1n) is 10.6. The van der Waals surface area contributed by atoms with Gasteiger partial charge in [0.25, 0.3) is 0 Å². The number of guanidine groups is 1. The molecule has 7 heteroatoms. The van der Waals surface area contributed by atoms with Crippen LogP contribution in [0, 0.1) is 5.41 Å². The first-order valence-corrected chi connectivity index (χ1v) is 11.5. The van der Waals surface area contributed by atoms with E-state index in [0.29, 0.717) is 12.6 Å². The first kappa shape index (κ1) is 21.0. The highest BCUT2D eigenvalue weighted by atomic mass is 32.1. The maximum absolute atomic E-state index is 12.8. The highest BCUT2D eigenvalue weighted by molar-refractivity contribution is 7.14. The molecule has 1 aromatic heterocycles. The van der Waals surface area contributed by atoms with E-state index >= 15 is 0 Å². The summed E-state index contributed by atoms with van der Waals surface area (Å²) in [4.78, 5) is 21.9. The number of carbonyl (C=O) groups is 1. The lowest BCUT2D eigenvalue weighted by Gasteiger charge is -2.34. The molecule has 3 rings (SSSR count). The van der Waals surface area contributed by atoms with Crippen molar-refractivity contribution in [2.75, 3.05) is 45.2 Å². The van der Waals surface area contributed by atoms with Crippen LogP contribution in [0.4, 0.5) is 5.00 Å². The minimum Gasteiger partial charge on any atom is -0.363 e. The molecule has 1 aromatic rings. The average Bonchev–Trinajstić information content (AvgIpc) is 3.39. The summed E-state index contributed by atoms with van der Waals surface area (Å²) in [7, 11) is 3.72. The summed E-state index contributed by atoms with van der Waals surface area (Å²) in [5.74, 6) is 1.09. The number of thiophene rings is 1. The van der Waals surface area contributed by atoms with E-state index in [1.807, 2.05) is 25.4 Å². The van der Waals surface area contributed by atoms with Gasteiger partial charge in [0.05, 0.1) is 17.0 Å². The van der Waals surface area contributed by atoms with Gasteiger partial charge in [-0.2, -0.15) is 0 Å². The summed E-state index contributed by atoms with van der Waals surface area (Å²) in [5, 5.41) is 10.5. The zero-order chi connectivity index (χ0) is 20.0. The van der Waals surface area contributed by atoms with E-state index < -0.39 is 0 Å². The van der Waals surface area contributed by atoms with Crippen molar-refractivity contribution in [2.24, 2.45) is 10.4 Å². The molecule has 2 fully saturated rings. The number of aliphatic imine (C=N–C) groups is 1. The molecule has 0 unspecified atom stereocenters. The molecular formula is C21H35N5OS. The topological polar surface area (TPSA) is 60.0 Å². The van der Waals surface area contributed by atoms with Gasteiger partial charge in [0.2, 0.25) is 5.91 Å². The average molecular weight is 406 g/mol. The Bertz CT molecular complexity index is 644. The van der Waals surface area contributed by atoms with Crippen LogP contribution in [0.25, 0.3) is 0 Å². The number of anilines is 1. The zero-order valence-electron chi connectivity index (χ0n) is 17.5. The van der Waals surface area contributed by atoms with Crippen LogP contribution in [-0.4, -0.2) is 63.1 Å². The molecule has 156 valence electrons. The summed E-state index contributed by atoms with van der Waals surface area (Å²) in [6.07, 6.45) is 6.35. The van der Waals surface area contributed by atoms with Gasteiger partial charge >= 0.3 is 0 Å². The monoisotopic (exact) mass is 405 g/mol. The fourth-order valence-electron chi connectivity index (χ4n) is 4.40. The van der Waals surface area contributed by atoms with E-state index in [1.54, 1.807) is 4.90 Å². The molecule has 2 heterocycles. The molecule has 1 aliphatic heterocycles. The number of nitrogens with zero attached hydrogens (tertiary/aromatic N) is 3. The van der Waals surface area contributed by atoms with Gasteiger partial charge in [-0.1, -0.05) is 12.8 Å². The van der Waals surface area contributed by atoms with Gasteiger partial charge in [-0.25, -0.2) is 0 Å². The Morgan fingerprint density at radius 1 is 1.32 bits per heavy atom. The van der Waals surface area contributed by atoms with E-state index in [2.05, 4.69) is 40.0 Å². The Morgan fingerprint density at radius 3 is 2.61 bits per heavy atom. The van der Waals surface area contributed by atoms with E-state index in [9.17, 15) is 4.79 Å². The predicted octanol–water partition coefficient (Wildman–Crippen LogP) is 2.92. The molecule has 1 aliphatic carbocycles. The van der Waals surface area contributed by atoms with Crippen molar-refractivity contribution in [1.82, 2.24) is 15.5 Å². The lowest BCUT2D eigenvalue weighted by molar-refractivity contribution is -0.138. The van der Waals surface area contributed by atoms with Gasteiger partial charge in [0.15, 0.2) is 5.96 Å². The smallest absolute Gasteiger partial charge is 0.230 e. The molecule has 0 aromatic carbocycles. The number of carbonyl (C=O) groups excluding carboxylic acids is 1. The van der Waals surface area contributed by atoms with Crippen molar-refractivity contribution < 1.29 is 4.79 Å². The van der Waals surface area contributed by atoms with Gasteiger partial charge < -0.3 is 20.4 Å². The van der Waals surface area contributed by atoms with E-state index in [0.717, 1.165) is 64.1 Å². The molecule has 0 spiro atoms. The van der Waals surface area contributed by atoms with Gasteiger partial charge in [0.1, 0.15) is 0 Å². The lowest BCUT2D eigenvalue weighted by atomic mass is 9.85. The molecule has 1 amide bonds. The normalized spacial score (nSPS) is 20.2. The summed E-state index contributed by atoms with van der Waals surface area (Å²) < 4.78 is 0. The third-order valence-corrected chi connectivity index (χ3v) is 6.89.